The zero-order valence-corrected chi connectivity index (χ0v) is 14.7. The van der Waals surface area contributed by atoms with Crippen molar-refractivity contribution in [3.05, 3.63) is 42.0 Å². The van der Waals surface area contributed by atoms with Gasteiger partial charge in [0.05, 0.1) is 0 Å². The van der Waals surface area contributed by atoms with E-state index in [0.717, 1.165) is 17.4 Å². The zero-order chi connectivity index (χ0) is 15.9. The van der Waals surface area contributed by atoms with Gasteiger partial charge in [0, 0.05) is 5.56 Å². The lowest BCUT2D eigenvalue weighted by Crippen LogP contribution is -2.33. The Morgan fingerprint density at radius 2 is 1.39 bits per heavy atom. The molecular formula is C21H31BO. The van der Waals surface area contributed by atoms with Crippen molar-refractivity contribution in [1.29, 1.82) is 0 Å². The van der Waals surface area contributed by atoms with Crippen LogP contribution in [0.5, 0.6) is 0 Å². The molecule has 1 aromatic rings. The summed E-state index contributed by atoms with van der Waals surface area (Å²) < 4.78 is 6.73. The van der Waals surface area contributed by atoms with E-state index >= 15 is 0 Å². The van der Waals surface area contributed by atoms with Gasteiger partial charge < -0.3 is 4.65 Å². The highest BCUT2D eigenvalue weighted by atomic mass is 16.4. The Balaban J connectivity index is 1.76. The molecule has 2 saturated carbocycles. The van der Waals surface area contributed by atoms with Crippen LogP contribution in [0.3, 0.4) is 0 Å². The van der Waals surface area contributed by atoms with E-state index in [1.165, 1.54) is 69.8 Å². The van der Waals surface area contributed by atoms with E-state index in [4.69, 9.17) is 4.65 Å². The quantitative estimate of drug-likeness (QED) is 0.433. The SMILES string of the molecule is C/C=C(/OB(C1CCCCC1)C1CCCCC1)c1ccccc1. The van der Waals surface area contributed by atoms with Crippen LogP contribution in [-0.2, 0) is 4.65 Å². The fourth-order valence-electron chi connectivity index (χ4n) is 4.55. The Labute approximate surface area is 142 Å². The lowest BCUT2D eigenvalue weighted by Gasteiger charge is -2.35. The van der Waals surface area contributed by atoms with Gasteiger partial charge in [0.2, 0.25) is 0 Å². The standard InChI is InChI=1S/C21H31BO/c1-2-21(18-12-6-3-7-13-18)23-22(19-14-8-4-9-15-19)20-16-10-5-11-17-20/h2-3,6-7,12-13,19-20H,4-5,8-11,14-17H2,1H3/b21-2+. The van der Waals surface area contributed by atoms with Crippen molar-refractivity contribution in [3.8, 4) is 0 Å². The van der Waals surface area contributed by atoms with Crippen LogP contribution in [0.25, 0.3) is 5.76 Å². The summed E-state index contributed by atoms with van der Waals surface area (Å²) in [6.07, 6.45) is 16.1. The van der Waals surface area contributed by atoms with Crippen molar-refractivity contribution < 1.29 is 4.65 Å². The van der Waals surface area contributed by atoms with Crippen LogP contribution in [0.15, 0.2) is 36.4 Å². The Morgan fingerprint density at radius 1 is 0.870 bits per heavy atom. The van der Waals surface area contributed by atoms with E-state index in [1.807, 2.05) is 0 Å². The minimum Gasteiger partial charge on any atom is -0.560 e. The average Bonchev–Trinajstić information content (AvgIpc) is 2.65. The van der Waals surface area contributed by atoms with Crippen molar-refractivity contribution in [2.75, 3.05) is 0 Å². The average molecular weight is 310 g/mol. The van der Waals surface area contributed by atoms with Crippen LogP contribution in [0, 0.1) is 0 Å². The molecule has 0 saturated heterocycles. The van der Waals surface area contributed by atoms with Gasteiger partial charge in [-0.15, -0.1) is 0 Å². The van der Waals surface area contributed by atoms with Gasteiger partial charge in [-0.3, -0.25) is 0 Å². The van der Waals surface area contributed by atoms with Gasteiger partial charge >= 0.3 is 6.92 Å². The maximum atomic E-state index is 6.73. The Hall–Kier alpha value is -1.18. The van der Waals surface area contributed by atoms with Crippen molar-refractivity contribution in [2.24, 2.45) is 0 Å². The largest absolute Gasteiger partial charge is 0.560 e. The molecule has 0 spiro atoms. The number of hydrogen-bond donors (Lipinski definition) is 0. The van der Waals surface area contributed by atoms with E-state index in [1.54, 1.807) is 0 Å². The molecule has 3 rings (SSSR count). The first kappa shape index (κ1) is 16.7. The highest BCUT2D eigenvalue weighted by molar-refractivity contribution is 6.56. The van der Waals surface area contributed by atoms with E-state index in [2.05, 4.69) is 43.3 Å². The molecule has 0 N–H and O–H groups in total. The summed E-state index contributed by atoms with van der Waals surface area (Å²) in [5.74, 6) is 2.63. The minimum absolute atomic E-state index is 0.432. The first-order chi connectivity index (χ1) is 11.4. The second-order valence-corrected chi connectivity index (χ2v) is 7.40. The maximum absolute atomic E-state index is 6.73. The third-order valence-corrected chi connectivity index (χ3v) is 5.81. The third-order valence-electron chi connectivity index (χ3n) is 5.81. The summed E-state index contributed by atoms with van der Waals surface area (Å²) in [7, 11) is 0. The van der Waals surface area contributed by atoms with Gasteiger partial charge in [0.1, 0.15) is 5.76 Å². The minimum atomic E-state index is 0.432. The van der Waals surface area contributed by atoms with E-state index in [-0.39, 0.29) is 0 Å². The Morgan fingerprint density at radius 3 is 1.87 bits per heavy atom. The Bertz CT molecular complexity index is 466. The summed E-state index contributed by atoms with van der Waals surface area (Å²) in [5, 5.41) is 0. The fourth-order valence-corrected chi connectivity index (χ4v) is 4.55. The van der Waals surface area contributed by atoms with Crippen LogP contribution in [0.1, 0.15) is 76.7 Å². The topological polar surface area (TPSA) is 9.23 Å². The van der Waals surface area contributed by atoms with Gasteiger partial charge in [-0.05, 0) is 24.6 Å². The predicted octanol–water partition coefficient (Wildman–Crippen LogP) is 6.72. The second-order valence-electron chi connectivity index (χ2n) is 7.40. The van der Waals surface area contributed by atoms with Gasteiger partial charge in [0.25, 0.3) is 0 Å². The number of benzene rings is 1. The molecular weight excluding hydrogens is 279 g/mol. The molecule has 2 fully saturated rings. The summed E-state index contributed by atoms with van der Waals surface area (Å²) in [5.41, 5.74) is 1.23. The smallest absolute Gasteiger partial charge is 0.364 e. The molecule has 1 aromatic carbocycles. The zero-order valence-electron chi connectivity index (χ0n) is 14.7. The maximum Gasteiger partial charge on any atom is 0.364 e. The summed E-state index contributed by atoms with van der Waals surface area (Å²) >= 11 is 0. The van der Waals surface area contributed by atoms with Crippen LogP contribution in [0.4, 0.5) is 0 Å². The predicted molar refractivity (Wildman–Crippen MR) is 101 cm³/mol. The highest BCUT2D eigenvalue weighted by Gasteiger charge is 2.38. The Kier molecular flexibility index (Phi) is 6.24. The number of rotatable bonds is 5. The normalized spacial score (nSPS) is 21.2. The molecule has 0 unspecified atom stereocenters. The molecule has 23 heavy (non-hydrogen) atoms. The molecule has 0 aromatic heterocycles. The molecule has 124 valence electrons. The van der Waals surface area contributed by atoms with Crippen molar-refractivity contribution >= 4 is 12.7 Å². The number of hydrogen-bond acceptors (Lipinski definition) is 1. The van der Waals surface area contributed by atoms with Crippen LogP contribution in [-0.4, -0.2) is 6.92 Å². The van der Waals surface area contributed by atoms with E-state index in [0.29, 0.717) is 6.92 Å². The fraction of sp³-hybridized carbons (Fsp3) is 0.619. The van der Waals surface area contributed by atoms with Crippen molar-refractivity contribution in [1.82, 2.24) is 0 Å². The lowest BCUT2D eigenvalue weighted by molar-refractivity contribution is 0.392. The number of allylic oxidation sites excluding steroid dienone is 1. The van der Waals surface area contributed by atoms with Gasteiger partial charge in [-0.1, -0.05) is 94.5 Å². The molecule has 2 aliphatic rings. The molecule has 1 nitrogen and oxygen atoms in total. The van der Waals surface area contributed by atoms with Gasteiger partial charge in [-0.25, -0.2) is 0 Å². The molecule has 0 amide bonds. The first-order valence-electron chi connectivity index (χ1n) is 9.77. The van der Waals surface area contributed by atoms with E-state index < -0.39 is 0 Å². The second kappa shape index (κ2) is 8.61. The lowest BCUT2D eigenvalue weighted by atomic mass is 9.41. The molecule has 0 radical (unpaired) electrons. The molecule has 0 atom stereocenters. The first-order valence-corrected chi connectivity index (χ1v) is 9.77. The van der Waals surface area contributed by atoms with Gasteiger partial charge in [0.15, 0.2) is 0 Å². The van der Waals surface area contributed by atoms with Gasteiger partial charge in [-0.2, -0.15) is 0 Å². The monoisotopic (exact) mass is 310 g/mol. The van der Waals surface area contributed by atoms with Crippen molar-refractivity contribution in [3.63, 3.8) is 0 Å². The highest BCUT2D eigenvalue weighted by Crippen LogP contribution is 2.43. The summed E-state index contributed by atoms with van der Waals surface area (Å²) in [6.45, 7) is 2.54. The van der Waals surface area contributed by atoms with E-state index in [9.17, 15) is 0 Å². The van der Waals surface area contributed by atoms with Crippen LogP contribution < -0.4 is 0 Å². The summed E-state index contributed by atoms with van der Waals surface area (Å²) in [4.78, 5) is 0. The molecule has 0 heterocycles. The molecule has 0 aliphatic heterocycles. The van der Waals surface area contributed by atoms with Crippen LogP contribution in [0.2, 0.25) is 11.6 Å². The molecule has 2 aliphatic carbocycles. The molecule has 2 heteroatoms. The summed E-state index contributed by atoms with van der Waals surface area (Å²) in [6, 6.07) is 10.6. The molecule has 0 bridgehead atoms. The third kappa shape index (κ3) is 4.43. The van der Waals surface area contributed by atoms with Crippen LogP contribution >= 0.6 is 0 Å². The van der Waals surface area contributed by atoms with Crippen molar-refractivity contribution in [2.45, 2.75) is 82.8 Å².